The second-order valence-corrected chi connectivity index (χ2v) is 6.85. The van der Waals surface area contributed by atoms with Crippen molar-refractivity contribution >= 4 is 6.03 Å². The molecule has 1 saturated carbocycles. The molecule has 0 radical (unpaired) electrons. The number of aromatic nitrogens is 3. The lowest BCUT2D eigenvalue weighted by atomic mass is 9.85. The lowest BCUT2D eigenvalue weighted by molar-refractivity contribution is 0.155. The number of nitrogens with one attached hydrogen (secondary N) is 2. The van der Waals surface area contributed by atoms with Crippen LogP contribution in [0.4, 0.5) is 4.79 Å². The molecule has 3 heterocycles. The first-order valence-electron chi connectivity index (χ1n) is 8.73. The number of likely N-dealkylation sites (tertiary alicyclic amines) is 1. The first-order valence-corrected chi connectivity index (χ1v) is 8.73. The maximum Gasteiger partial charge on any atom is 0.318 e. The summed E-state index contributed by atoms with van der Waals surface area (Å²) in [6.07, 6.45) is 7.63. The van der Waals surface area contributed by atoms with Crippen molar-refractivity contribution < 1.29 is 9.21 Å². The zero-order chi connectivity index (χ0) is 16.5. The Labute approximate surface area is 140 Å². The molecule has 2 N–H and O–H groups in total. The zero-order valence-corrected chi connectivity index (χ0v) is 13.9. The number of carbonyl (C=O) groups is 1. The van der Waals surface area contributed by atoms with Gasteiger partial charge in [-0.05, 0) is 44.2 Å². The number of urea groups is 1. The third-order valence-corrected chi connectivity index (χ3v) is 5.26. The molecule has 1 saturated heterocycles. The molecule has 1 aliphatic carbocycles. The summed E-state index contributed by atoms with van der Waals surface area (Å²) < 4.78 is 5.27. The highest BCUT2D eigenvalue weighted by molar-refractivity contribution is 5.75. The Bertz CT molecular complexity index is 696. The molecular weight excluding hydrogens is 306 g/mol. The molecule has 0 aromatic carbocycles. The Balaban J connectivity index is 1.38. The molecule has 2 aromatic rings. The maximum atomic E-state index is 12.7. The summed E-state index contributed by atoms with van der Waals surface area (Å²) in [4.78, 5) is 19.1. The Hall–Kier alpha value is -2.31. The molecule has 3 unspecified atom stereocenters. The van der Waals surface area contributed by atoms with E-state index in [2.05, 4.69) is 27.4 Å². The molecule has 0 bridgehead atoms. The van der Waals surface area contributed by atoms with Crippen molar-refractivity contribution in [2.24, 2.45) is 5.92 Å². The van der Waals surface area contributed by atoms with E-state index >= 15 is 0 Å². The van der Waals surface area contributed by atoms with Gasteiger partial charge in [0.1, 0.15) is 5.82 Å². The van der Waals surface area contributed by atoms with Gasteiger partial charge in [0.05, 0.1) is 12.8 Å². The van der Waals surface area contributed by atoms with Gasteiger partial charge in [-0.2, -0.15) is 0 Å². The molecule has 2 aromatic heterocycles. The fourth-order valence-electron chi connectivity index (χ4n) is 4.20. The van der Waals surface area contributed by atoms with Crippen LogP contribution in [0.25, 0.3) is 11.6 Å². The topological polar surface area (TPSA) is 87.1 Å². The summed E-state index contributed by atoms with van der Waals surface area (Å²) in [6.45, 7) is 2.49. The SMILES string of the molecule is CC1CC2CCCCC2N1C(=O)NCc1nc(-c2ccco2)n[nH]1. The van der Waals surface area contributed by atoms with Gasteiger partial charge in [0.2, 0.25) is 5.82 Å². The molecule has 0 spiro atoms. The van der Waals surface area contributed by atoms with Crippen LogP contribution in [0.1, 0.15) is 44.9 Å². The summed E-state index contributed by atoms with van der Waals surface area (Å²) in [7, 11) is 0. The van der Waals surface area contributed by atoms with Gasteiger partial charge in [0.15, 0.2) is 5.76 Å². The van der Waals surface area contributed by atoms with E-state index in [1.54, 1.807) is 18.4 Å². The standard InChI is InChI=1S/C17H23N5O2/c1-11-9-12-5-2-3-6-13(12)22(11)17(23)18-10-15-19-16(21-20-15)14-7-4-8-24-14/h4,7-8,11-13H,2-3,5-6,9-10H2,1H3,(H,18,23)(H,19,20,21). The van der Waals surface area contributed by atoms with E-state index in [0.717, 1.165) is 12.8 Å². The Morgan fingerprint density at radius 3 is 3.17 bits per heavy atom. The molecule has 24 heavy (non-hydrogen) atoms. The van der Waals surface area contributed by atoms with Gasteiger partial charge in [-0.25, -0.2) is 9.78 Å². The third-order valence-electron chi connectivity index (χ3n) is 5.26. The number of rotatable bonds is 3. The molecule has 2 fully saturated rings. The summed E-state index contributed by atoms with van der Waals surface area (Å²) in [6, 6.07) is 4.32. The number of amides is 2. The average molecular weight is 329 g/mol. The number of carbonyl (C=O) groups excluding carboxylic acids is 1. The first-order chi connectivity index (χ1) is 11.7. The molecule has 2 aliphatic rings. The van der Waals surface area contributed by atoms with Crippen LogP contribution in [0.3, 0.4) is 0 Å². The van der Waals surface area contributed by atoms with Crippen molar-refractivity contribution in [2.45, 2.75) is 57.7 Å². The van der Waals surface area contributed by atoms with Crippen molar-refractivity contribution in [3.63, 3.8) is 0 Å². The van der Waals surface area contributed by atoms with Gasteiger partial charge in [-0.1, -0.05) is 12.8 Å². The van der Waals surface area contributed by atoms with Gasteiger partial charge in [0, 0.05) is 12.1 Å². The predicted molar refractivity (Wildman–Crippen MR) is 88.0 cm³/mol. The third kappa shape index (κ3) is 2.79. The summed E-state index contributed by atoms with van der Waals surface area (Å²) in [5.41, 5.74) is 0. The highest BCUT2D eigenvalue weighted by Crippen LogP contribution is 2.39. The van der Waals surface area contributed by atoms with Gasteiger partial charge in [0.25, 0.3) is 0 Å². The number of hydrogen-bond donors (Lipinski definition) is 2. The minimum Gasteiger partial charge on any atom is -0.461 e. The van der Waals surface area contributed by atoms with Crippen molar-refractivity contribution in [3.05, 3.63) is 24.2 Å². The maximum absolute atomic E-state index is 12.7. The molecular formula is C17H23N5O2. The predicted octanol–water partition coefficient (Wildman–Crippen LogP) is 2.93. The van der Waals surface area contributed by atoms with Crippen molar-refractivity contribution in [2.75, 3.05) is 0 Å². The summed E-state index contributed by atoms with van der Waals surface area (Å²) in [5.74, 6) is 2.42. The van der Waals surface area contributed by atoms with E-state index in [-0.39, 0.29) is 6.03 Å². The van der Waals surface area contributed by atoms with Crippen LogP contribution in [-0.2, 0) is 6.54 Å². The Morgan fingerprint density at radius 2 is 2.33 bits per heavy atom. The normalized spacial score (nSPS) is 26.4. The van der Waals surface area contributed by atoms with E-state index in [1.807, 2.05) is 4.90 Å². The monoisotopic (exact) mass is 329 g/mol. The zero-order valence-electron chi connectivity index (χ0n) is 13.9. The van der Waals surface area contributed by atoms with Gasteiger partial charge in [-0.15, -0.1) is 5.10 Å². The van der Waals surface area contributed by atoms with Crippen LogP contribution in [0.2, 0.25) is 0 Å². The Morgan fingerprint density at radius 1 is 1.46 bits per heavy atom. The van der Waals surface area contributed by atoms with Crippen molar-refractivity contribution in [3.8, 4) is 11.6 Å². The lowest BCUT2D eigenvalue weighted by Gasteiger charge is -2.33. The highest BCUT2D eigenvalue weighted by Gasteiger charge is 2.42. The molecule has 2 amide bonds. The number of nitrogens with zero attached hydrogens (tertiary/aromatic N) is 3. The van der Waals surface area contributed by atoms with Crippen LogP contribution in [0.5, 0.6) is 0 Å². The molecule has 1 aliphatic heterocycles. The molecule has 128 valence electrons. The van der Waals surface area contributed by atoms with E-state index in [1.165, 1.54) is 19.3 Å². The Kier molecular flexibility index (Phi) is 4.00. The fraction of sp³-hybridized carbons (Fsp3) is 0.588. The minimum absolute atomic E-state index is 0.00727. The van der Waals surface area contributed by atoms with Gasteiger partial charge >= 0.3 is 6.03 Å². The van der Waals surface area contributed by atoms with Gasteiger partial charge in [-0.3, -0.25) is 5.10 Å². The van der Waals surface area contributed by atoms with Crippen LogP contribution in [0.15, 0.2) is 22.8 Å². The number of H-pyrrole nitrogens is 1. The summed E-state index contributed by atoms with van der Waals surface area (Å²) >= 11 is 0. The minimum atomic E-state index is 0.00727. The molecule has 4 rings (SSSR count). The van der Waals surface area contributed by atoms with E-state index < -0.39 is 0 Å². The number of hydrogen-bond acceptors (Lipinski definition) is 4. The lowest BCUT2D eigenvalue weighted by Crippen LogP contribution is -2.47. The van der Waals surface area contributed by atoms with Crippen molar-refractivity contribution in [1.29, 1.82) is 0 Å². The van der Waals surface area contributed by atoms with Crippen LogP contribution < -0.4 is 5.32 Å². The number of fused-ring (bicyclic) bond motifs is 1. The van der Waals surface area contributed by atoms with Gasteiger partial charge < -0.3 is 14.6 Å². The molecule has 3 atom stereocenters. The smallest absolute Gasteiger partial charge is 0.318 e. The van der Waals surface area contributed by atoms with Crippen LogP contribution in [-0.4, -0.2) is 38.2 Å². The molecule has 7 nitrogen and oxygen atoms in total. The highest BCUT2D eigenvalue weighted by atomic mass is 16.3. The summed E-state index contributed by atoms with van der Waals surface area (Å²) in [5, 5.41) is 9.96. The second-order valence-electron chi connectivity index (χ2n) is 6.85. The largest absolute Gasteiger partial charge is 0.461 e. The van der Waals surface area contributed by atoms with Crippen LogP contribution in [0, 0.1) is 5.92 Å². The van der Waals surface area contributed by atoms with E-state index in [0.29, 0.717) is 42.0 Å². The number of aromatic amines is 1. The number of furan rings is 1. The van der Waals surface area contributed by atoms with E-state index in [4.69, 9.17) is 4.42 Å². The van der Waals surface area contributed by atoms with Crippen molar-refractivity contribution in [1.82, 2.24) is 25.4 Å². The second kappa shape index (κ2) is 6.30. The average Bonchev–Trinajstić information content (AvgIpc) is 3.31. The van der Waals surface area contributed by atoms with E-state index in [9.17, 15) is 4.79 Å². The molecule has 7 heteroatoms. The quantitative estimate of drug-likeness (QED) is 0.906. The van der Waals surface area contributed by atoms with Crippen LogP contribution >= 0.6 is 0 Å². The fourth-order valence-corrected chi connectivity index (χ4v) is 4.20. The first kappa shape index (κ1) is 15.2.